The predicted molar refractivity (Wildman–Crippen MR) is 302 cm³/mol. The zero-order valence-corrected chi connectivity index (χ0v) is 46.0. The van der Waals surface area contributed by atoms with Gasteiger partial charge in [-0.2, -0.15) is 0 Å². The Balaban J connectivity index is 4.27. The van der Waals surface area contributed by atoms with Gasteiger partial charge in [-0.1, -0.05) is 260 Å². The van der Waals surface area contributed by atoms with Crippen LogP contribution < -0.4 is 0 Å². The molecule has 0 radical (unpaired) electrons. The Hall–Kier alpha value is -3.41. The first-order chi connectivity index (χ1) is 34.5. The molecule has 0 rings (SSSR count). The molecule has 0 aliphatic rings. The fourth-order valence-electron chi connectivity index (χ4n) is 8.19. The Morgan fingerprint density at radius 3 is 0.929 bits per heavy atom. The van der Waals surface area contributed by atoms with E-state index in [9.17, 15) is 14.4 Å². The summed E-state index contributed by atoms with van der Waals surface area (Å²) in [6, 6.07) is 0. The normalized spacial score (nSPS) is 12.7. The lowest BCUT2D eigenvalue weighted by atomic mass is 10.0. The summed E-state index contributed by atoms with van der Waals surface area (Å²) in [5, 5.41) is 0. The molecule has 0 spiro atoms. The fraction of sp³-hybridized carbons (Fsp3) is 0.734. The maximum absolute atomic E-state index is 12.8. The molecule has 0 heterocycles. The van der Waals surface area contributed by atoms with Gasteiger partial charge in [-0.05, 0) is 89.9 Å². The van der Waals surface area contributed by atoms with E-state index in [1.165, 1.54) is 135 Å². The molecule has 402 valence electrons. The third-order valence-electron chi connectivity index (χ3n) is 12.6. The molecule has 0 aromatic carbocycles. The lowest BCUT2D eigenvalue weighted by Crippen LogP contribution is -2.30. The predicted octanol–water partition coefficient (Wildman–Crippen LogP) is 19.9. The van der Waals surface area contributed by atoms with E-state index in [0.717, 1.165) is 109 Å². The Labute approximate surface area is 433 Å². The van der Waals surface area contributed by atoms with Crippen LogP contribution >= 0.6 is 0 Å². The number of unbranched alkanes of at least 4 members (excludes halogenated alkanes) is 28. The molecule has 0 N–H and O–H groups in total. The largest absolute Gasteiger partial charge is 0.462 e. The minimum absolute atomic E-state index is 0.0810. The lowest BCUT2D eigenvalue weighted by molar-refractivity contribution is -0.167. The van der Waals surface area contributed by atoms with E-state index >= 15 is 0 Å². The van der Waals surface area contributed by atoms with E-state index in [1.54, 1.807) is 0 Å². The Morgan fingerprint density at radius 1 is 0.300 bits per heavy atom. The monoisotopic (exact) mass is 975 g/mol. The summed E-state index contributed by atoms with van der Waals surface area (Å²) in [6.07, 6.45) is 75.8. The average Bonchev–Trinajstić information content (AvgIpc) is 3.36. The minimum Gasteiger partial charge on any atom is -0.462 e. The highest BCUT2D eigenvalue weighted by Gasteiger charge is 2.19. The van der Waals surface area contributed by atoms with Crippen LogP contribution in [0.1, 0.15) is 284 Å². The van der Waals surface area contributed by atoms with Crippen molar-refractivity contribution in [3.8, 4) is 0 Å². The van der Waals surface area contributed by atoms with Crippen molar-refractivity contribution in [3.63, 3.8) is 0 Å². The Morgan fingerprint density at radius 2 is 0.571 bits per heavy atom. The van der Waals surface area contributed by atoms with E-state index < -0.39 is 6.10 Å². The second-order valence-corrected chi connectivity index (χ2v) is 19.5. The van der Waals surface area contributed by atoms with Crippen molar-refractivity contribution in [1.29, 1.82) is 0 Å². The van der Waals surface area contributed by atoms with Crippen molar-refractivity contribution in [3.05, 3.63) is 85.1 Å². The molecule has 1 unspecified atom stereocenters. The van der Waals surface area contributed by atoms with Crippen LogP contribution in [0.4, 0.5) is 0 Å². The van der Waals surface area contributed by atoms with Gasteiger partial charge in [0.25, 0.3) is 0 Å². The van der Waals surface area contributed by atoms with Gasteiger partial charge in [-0.3, -0.25) is 14.4 Å². The third-order valence-corrected chi connectivity index (χ3v) is 12.6. The number of carbonyl (C=O) groups is 3. The zero-order chi connectivity index (χ0) is 50.7. The second kappa shape index (κ2) is 58.2. The van der Waals surface area contributed by atoms with Crippen molar-refractivity contribution in [2.45, 2.75) is 290 Å². The number of hydrogen-bond donors (Lipinski definition) is 0. The highest BCUT2D eigenvalue weighted by molar-refractivity contribution is 5.71. The first-order valence-corrected chi connectivity index (χ1v) is 29.6. The molecular formula is C64H110O6. The molecule has 0 saturated heterocycles. The lowest BCUT2D eigenvalue weighted by Gasteiger charge is -2.18. The number of carbonyl (C=O) groups excluding carboxylic acids is 3. The molecule has 0 amide bonds. The molecule has 0 aliphatic heterocycles. The second-order valence-electron chi connectivity index (χ2n) is 19.5. The molecule has 0 fully saturated rings. The van der Waals surface area contributed by atoms with Crippen molar-refractivity contribution in [2.75, 3.05) is 13.2 Å². The van der Waals surface area contributed by atoms with Gasteiger partial charge in [0.05, 0.1) is 0 Å². The average molecular weight is 976 g/mol. The van der Waals surface area contributed by atoms with Crippen LogP contribution in [0.5, 0.6) is 0 Å². The SMILES string of the molecule is CC/C=C\C/C=C\C/C=C\C/C=C\C/C=C\C/C=C\CCCCCCCCCCC(=O)OCC(COC(=O)CCCCCCC/C=C\CCCC)OC(=O)CCCCCCCCCCCCCCCC. The summed E-state index contributed by atoms with van der Waals surface area (Å²) >= 11 is 0. The van der Waals surface area contributed by atoms with E-state index in [2.05, 4.69) is 106 Å². The van der Waals surface area contributed by atoms with Gasteiger partial charge >= 0.3 is 17.9 Å². The standard InChI is InChI=1S/C64H110O6/c1-4-7-10-13-16-19-22-24-26-27-28-29-30-31-32-33-34-35-36-37-38-40-42-45-48-51-54-57-63(66)69-60-61(59-68-62(65)56-53-50-47-44-41-21-18-15-12-9-6-3)70-64(67)58-55-52-49-46-43-39-25-23-20-17-14-11-8-5-2/h7,10,15-16,18-19,24,26,28-29,31-32,34-35,61H,4-6,8-9,11-14,17,20-23,25,27,30,33,36-60H2,1-3H3/b10-7-,18-15-,19-16-,26-24-,29-28-,32-31-,35-34-. The van der Waals surface area contributed by atoms with Crippen LogP contribution in [0.25, 0.3) is 0 Å². The first-order valence-electron chi connectivity index (χ1n) is 29.6. The van der Waals surface area contributed by atoms with Crippen LogP contribution in [0.15, 0.2) is 85.1 Å². The minimum atomic E-state index is -0.781. The fourth-order valence-corrected chi connectivity index (χ4v) is 8.19. The van der Waals surface area contributed by atoms with Crippen molar-refractivity contribution < 1.29 is 28.6 Å². The summed E-state index contributed by atoms with van der Waals surface area (Å²) < 4.78 is 16.8. The number of hydrogen-bond acceptors (Lipinski definition) is 6. The Kier molecular flexibility index (Phi) is 55.3. The van der Waals surface area contributed by atoms with Crippen molar-refractivity contribution in [1.82, 2.24) is 0 Å². The highest BCUT2D eigenvalue weighted by Crippen LogP contribution is 2.16. The number of rotatable bonds is 53. The summed E-state index contributed by atoms with van der Waals surface area (Å²) in [6.45, 7) is 6.49. The molecule has 0 saturated carbocycles. The van der Waals surface area contributed by atoms with E-state index in [0.29, 0.717) is 19.3 Å². The van der Waals surface area contributed by atoms with E-state index in [1.807, 2.05) is 0 Å². The van der Waals surface area contributed by atoms with E-state index in [4.69, 9.17) is 14.2 Å². The first kappa shape index (κ1) is 66.6. The number of ether oxygens (including phenoxy) is 3. The van der Waals surface area contributed by atoms with Crippen molar-refractivity contribution >= 4 is 17.9 Å². The van der Waals surface area contributed by atoms with Crippen LogP contribution in [-0.4, -0.2) is 37.2 Å². The number of allylic oxidation sites excluding steroid dienone is 14. The molecule has 1 atom stereocenters. The molecule has 0 aromatic heterocycles. The summed E-state index contributed by atoms with van der Waals surface area (Å²) in [4.78, 5) is 38.1. The molecule has 0 bridgehead atoms. The smallest absolute Gasteiger partial charge is 0.306 e. The quantitative estimate of drug-likeness (QED) is 0.0261. The zero-order valence-electron chi connectivity index (χ0n) is 46.0. The van der Waals surface area contributed by atoms with Gasteiger partial charge in [-0.15, -0.1) is 0 Å². The van der Waals surface area contributed by atoms with Crippen molar-refractivity contribution in [2.24, 2.45) is 0 Å². The molecule has 6 heteroatoms. The van der Waals surface area contributed by atoms with Gasteiger partial charge in [0, 0.05) is 19.3 Å². The Bertz CT molecular complexity index is 1350. The van der Waals surface area contributed by atoms with Gasteiger partial charge in [-0.25, -0.2) is 0 Å². The maximum atomic E-state index is 12.8. The molecule has 0 aromatic rings. The van der Waals surface area contributed by atoms with Crippen LogP contribution in [0.3, 0.4) is 0 Å². The summed E-state index contributed by atoms with van der Waals surface area (Å²) in [5.41, 5.74) is 0. The molecule has 0 aliphatic carbocycles. The van der Waals surface area contributed by atoms with Gasteiger partial charge in [0.2, 0.25) is 0 Å². The van der Waals surface area contributed by atoms with Gasteiger partial charge in [0.1, 0.15) is 13.2 Å². The van der Waals surface area contributed by atoms with Gasteiger partial charge in [0.15, 0.2) is 6.10 Å². The highest BCUT2D eigenvalue weighted by atomic mass is 16.6. The summed E-state index contributed by atoms with van der Waals surface area (Å²) in [5.74, 6) is -0.891. The third kappa shape index (κ3) is 55.5. The van der Waals surface area contributed by atoms with Crippen LogP contribution in [-0.2, 0) is 28.6 Å². The maximum Gasteiger partial charge on any atom is 0.306 e. The number of esters is 3. The van der Waals surface area contributed by atoms with Crippen LogP contribution in [0.2, 0.25) is 0 Å². The van der Waals surface area contributed by atoms with Crippen LogP contribution in [0, 0.1) is 0 Å². The summed E-state index contributed by atoms with van der Waals surface area (Å²) in [7, 11) is 0. The van der Waals surface area contributed by atoms with E-state index in [-0.39, 0.29) is 31.1 Å². The molecule has 6 nitrogen and oxygen atoms in total. The molecule has 70 heavy (non-hydrogen) atoms. The molecular weight excluding hydrogens is 865 g/mol. The topological polar surface area (TPSA) is 78.9 Å². The van der Waals surface area contributed by atoms with Gasteiger partial charge < -0.3 is 14.2 Å².